The number of halogens is 1. The highest BCUT2D eigenvalue weighted by Crippen LogP contribution is 2.32. The second-order valence-corrected chi connectivity index (χ2v) is 6.46. The lowest BCUT2D eigenvalue weighted by molar-refractivity contribution is 0.104. The van der Waals surface area contributed by atoms with E-state index in [0.29, 0.717) is 5.82 Å². The van der Waals surface area contributed by atoms with Gasteiger partial charge < -0.3 is 10.5 Å². The number of hydrogen-bond acceptors (Lipinski definition) is 4. The number of nitrogen functional groups attached to an aromatic ring is 1. The third kappa shape index (κ3) is 2.70. The minimum atomic E-state index is -0.0268. The Morgan fingerprint density at radius 3 is 2.59 bits per heavy atom. The summed E-state index contributed by atoms with van der Waals surface area (Å²) in [5.41, 5.74) is 6.96. The first-order valence-corrected chi connectivity index (χ1v) is 6.92. The minimum absolute atomic E-state index is 0.0235. The predicted octanol–water partition coefficient (Wildman–Crippen LogP) is 2.81. The van der Waals surface area contributed by atoms with E-state index >= 15 is 0 Å². The summed E-state index contributed by atoms with van der Waals surface area (Å²) in [5.74, 6) is 1.31. The van der Waals surface area contributed by atoms with Gasteiger partial charge in [0.05, 0.1) is 9.26 Å². The van der Waals surface area contributed by atoms with Crippen molar-refractivity contribution < 1.29 is 4.74 Å². The molecule has 1 unspecified atom stereocenters. The van der Waals surface area contributed by atoms with Crippen molar-refractivity contribution >= 4 is 28.4 Å². The molecule has 0 spiro atoms. The quantitative estimate of drug-likeness (QED) is 0.794. The molecule has 0 amide bonds. The summed E-state index contributed by atoms with van der Waals surface area (Å²) in [6.45, 7) is 7.20. The lowest BCUT2D eigenvalue weighted by Crippen LogP contribution is -2.20. The van der Waals surface area contributed by atoms with Gasteiger partial charge in [-0.15, -0.1) is 0 Å². The Morgan fingerprint density at radius 2 is 2.06 bits per heavy atom. The highest BCUT2D eigenvalue weighted by atomic mass is 127. The summed E-state index contributed by atoms with van der Waals surface area (Å²) in [7, 11) is 0. The van der Waals surface area contributed by atoms with Crippen LogP contribution >= 0.6 is 22.6 Å². The van der Waals surface area contributed by atoms with Crippen LogP contribution in [0.5, 0.6) is 0 Å². The molecule has 0 radical (unpaired) electrons. The average molecular weight is 347 g/mol. The van der Waals surface area contributed by atoms with Crippen LogP contribution in [0.25, 0.3) is 0 Å². The van der Waals surface area contributed by atoms with E-state index in [0.717, 1.165) is 34.5 Å². The number of anilines is 1. The zero-order chi connectivity index (χ0) is 12.6. The van der Waals surface area contributed by atoms with Crippen molar-refractivity contribution in [2.75, 3.05) is 12.3 Å². The molecule has 1 aromatic heterocycles. The van der Waals surface area contributed by atoms with E-state index in [4.69, 9.17) is 10.5 Å². The molecule has 2 heterocycles. The van der Waals surface area contributed by atoms with Crippen LogP contribution in [0, 0.1) is 3.57 Å². The van der Waals surface area contributed by atoms with Crippen LogP contribution in [0.2, 0.25) is 0 Å². The van der Waals surface area contributed by atoms with Gasteiger partial charge in [-0.3, -0.25) is 0 Å². The zero-order valence-electron chi connectivity index (χ0n) is 10.5. The topological polar surface area (TPSA) is 61.0 Å². The molecule has 1 atom stereocenters. The summed E-state index contributed by atoms with van der Waals surface area (Å²) >= 11 is 2.22. The van der Waals surface area contributed by atoms with Gasteiger partial charge in [0.15, 0.2) is 5.82 Å². The third-order valence-corrected chi connectivity index (χ3v) is 3.89. The molecular formula is C12H18IN3O. The van der Waals surface area contributed by atoms with E-state index in [9.17, 15) is 0 Å². The third-order valence-electron chi connectivity index (χ3n) is 2.82. The van der Waals surface area contributed by atoms with E-state index in [1.807, 2.05) is 0 Å². The summed E-state index contributed by atoms with van der Waals surface area (Å²) in [6, 6.07) is 0. The van der Waals surface area contributed by atoms with E-state index in [1.54, 1.807) is 0 Å². The Hall–Kier alpha value is -0.430. The molecule has 1 aliphatic heterocycles. The highest BCUT2D eigenvalue weighted by Gasteiger charge is 2.26. The van der Waals surface area contributed by atoms with E-state index < -0.39 is 0 Å². The predicted molar refractivity (Wildman–Crippen MR) is 75.8 cm³/mol. The molecule has 1 saturated heterocycles. The maximum atomic E-state index is 5.97. The molecule has 0 aliphatic carbocycles. The van der Waals surface area contributed by atoms with Gasteiger partial charge in [-0.25, -0.2) is 9.97 Å². The zero-order valence-corrected chi connectivity index (χ0v) is 12.6. The van der Waals surface area contributed by atoms with Gasteiger partial charge in [-0.05, 0) is 35.4 Å². The molecule has 0 bridgehead atoms. The van der Waals surface area contributed by atoms with E-state index in [-0.39, 0.29) is 11.5 Å². The SMILES string of the molecule is CC(C)(C)c1nc(C2CCCO2)nc(N)c1I. The van der Waals surface area contributed by atoms with Crippen molar-refractivity contribution in [2.45, 2.75) is 45.1 Å². The van der Waals surface area contributed by atoms with Crippen LogP contribution in [-0.2, 0) is 10.2 Å². The molecule has 0 saturated carbocycles. The lowest BCUT2D eigenvalue weighted by atomic mass is 9.92. The van der Waals surface area contributed by atoms with Gasteiger partial charge in [0.2, 0.25) is 0 Å². The van der Waals surface area contributed by atoms with Crippen molar-refractivity contribution in [1.82, 2.24) is 9.97 Å². The molecule has 1 aromatic rings. The maximum Gasteiger partial charge on any atom is 0.159 e. The van der Waals surface area contributed by atoms with Gasteiger partial charge >= 0.3 is 0 Å². The van der Waals surface area contributed by atoms with Crippen LogP contribution in [0.1, 0.15) is 51.2 Å². The minimum Gasteiger partial charge on any atom is -0.383 e. The smallest absolute Gasteiger partial charge is 0.159 e. The maximum absolute atomic E-state index is 5.97. The molecule has 94 valence electrons. The number of rotatable bonds is 1. The van der Waals surface area contributed by atoms with Crippen LogP contribution in [0.4, 0.5) is 5.82 Å². The summed E-state index contributed by atoms with van der Waals surface area (Å²) in [4.78, 5) is 9.03. The van der Waals surface area contributed by atoms with Gasteiger partial charge in [0.1, 0.15) is 11.9 Å². The average Bonchev–Trinajstić information content (AvgIpc) is 2.73. The monoisotopic (exact) mass is 347 g/mol. The Bertz CT molecular complexity index is 422. The molecule has 2 N–H and O–H groups in total. The Balaban J connectivity index is 2.45. The first kappa shape index (κ1) is 13.0. The number of ether oxygens (including phenoxy) is 1. The van der Waals surface area contributed by atoms with Gasteiger partial charge in [0, 0.05) is 12.0 Å². The van der Waals surface area contributed by atoms with Crippen LogP contribution < -0.4 is 5.73 Å². The van der Waals surface area contributed by atoms with E-state index in [1.165, 1.54) is 0 Å². The molecule has 0 aromatic carbocycles. The van der Waals surface area contributed by atoms with Crippen molar-refractivity contribution in [3.63, 3.8) is 0 Å². The van der Waals surface area contributed by atoms with Crippen LogP contribution in [0.15, 0.2) is 0 Å². The molecule has 2 rings (SSSR count). The fourth-order valence-corrected chi connectivity index (χ4v) is 2.95. The van der Waals surface area contributed by atoms with Crippen LogP contribution in [-0.4, -0.2) is 16.6 Å². The van der Waals surface area contributed by atoms with Crippen LogP contribution in [0.3, 0.4) is 0 Å². The van der Waals surface area contributed by atoms with Gasteiger partial charge in [-0.2, -0.15) is 0 Å². The van der Waals surface area contributed by atoms with E-state index in [2.05, 4.69) is 53.3 Å². The number of aromatic nitrogens is 2. The lowest BCUT2D eigenvalue weighted by Gasteiger charge is -2.22. The standard InChI is InChI=1S/C12H18IN3O/c1-12(2,3)9-8(13)10(14)16-11(15-9)7-5-4-6-17-7/h7H,4-6H2,1-3H3,(H2,14,15,16). The number of nitrogens with two attached hydrogens (primary N) is 1. The Kier molecular flexibility index (Phi) is 3.58. The summed E-state index contributed by atoms with van der Waals surface area (Å²) in [6.07, 6.45) is 2.09. The van der Waals surface area contributed by atoms with Gasteiger partial charge in [0.25, 0.3) is 0 Å². The first-order valence-electron chi connectivity index (χ1n) is 5.84. The molecule has 1 fully saturated rings. The Labute approximate surface area is 115 Å². The number of nitrogens with zero attached hydrogens (tertiary/aromatic N) is 2. The van der Waals surface area contributed by atoms with Crippen molar-refractivity contribution in [3.05, 3.63) is 15.1 Å². The summed E-state index contributed by atoms with van der Waals surface area (Å²) < 4.78 is 6.57. The molecule has 5 heteroatoms. The number of hydrogen-bond donors (Lipinski definition) is 1. The normalized spacial score (nSPS) is 20.8. The molecule has 4 nitrogen and oxygen atoms in total. The summed E-state index contributed by atoms with van der Waals surface area (Å²) in [5, 5.41) is 0. The first-order chi connectivity index (χ1) is 7.89. The molecular weight excluding hydrogens is 329 g/mol. The Morgan fingerprint density at radius 1 is 1.35 bits per heavy atom. The molecule has 17 heavy (non-hydrogen) atoms. The van der Waals surface area contributed by atoms with Crippen molar-refractivity contribution in [1.29, 1.82) is 0 Å². The fraction of sp³-hybridized carbons (Fsp3) is 0.667. The highest BCUT2D eigenvalue weighted by molar-refractivity contribution is 14.1. The largest absolute Gasteiger partial charge is 0.383 e. The van der Waals surface area contributed by atoms with Crippen molar-refractivity contribution in [2.24, 2.45) is 0 Å². The van der Waals surface area contributed by atoms with Gasteiger partial charge in [-0.1, -0.05) is 20.8 Å². The molecule has 1 aliphatic rings. The second-order valence-electron chi connectivity index (χ2n) is 5.38. The fourth-order valence-electron chi connectivity index (χ4n) is 1.90. The van der Waals surface area contributed by atoms with Crippen molar-refractivity contribution in [3.8, 4) is 0 Å². The second kappa shape index (κ2) is 4.68.